The number of benzene rings is 1. The predicted molar refractivity (Wildman–Crippen MR) is 114 cm³/mol. The average Bonchev–Trinajstić information content (AvgIpc) is 3.37. The summed E-state index contributed by atoms with van der Waals surface area (Å²) in [5, 5.41) is 12.0. The second-order valence-electron chi connectivity index (χ2n) is 8.37. The third kappa shape index (κ3) is 6.28. The van der Waals surface area contributed by atoms with Crippen LogP contribution in [-0.2, 0) is 20.4 Å². The zero-order chi connectivity index (χ0) is 21.8. The van der Waals surface area contributed by atoms with Gasteiger partial charge in [0.05, 0.1) is 24.4 Å². The van der Waals surface area contributed by atoms with E-state index < -0.39 is 21.9 Å². The topological polar surface area (TPSA) is 108 Å². The van der Waals surface area contributed by atoms with Crippen LogP contribution in [0.2, 0.25) is 0 Å². The van der Waals surface area contributed by atoms with Gasteiger partial charge in [0, 0.05) is 6.54 Å². The molecule has 1 atom stereocenters. The first-order valence-corrected chi connectivity index (χ1v) is 12.0. The van der Waals surface area contributed by atoms with Crippen LogP contribution in [0.4, 0.5) is 0 Å². The van der Waals surface area contributed by atoms with E-state index in [1.54, 1.807) is 17.1 Å². The van der Waals surface area contributed by atoms with Crippen molar-refractivity contribution in [3.8, 4) is 5.75 Å². The number of aliphatic hydroxyl groups is 1. The number of ether oxygens (including phenoxy) is 1. The van der Waals surface area contributed by atoms with Crippen molar-refractivity contribution < 1.29 is 23.1 Å². The monoisotopic (exact) mass is 437 g/mol. The van der Waals surface area contributed by atoms with Crippen molar-refractivity contribution in [2.24, 2.45) is 5.92 Å². The maximum absolute atomic E-state index is 12.6. The van der Waals surface area contributed by atoms with Gasteiger partial charge in [0.1, 0.15) is 5.75 Å². The molecule has 3 rings (SSSR count). The number of nitrogens with one attached hydrogen (secondary N) is 2. The highest BCUT2D eigenvalue weighted by Gasteiger charge is 2.47. The molecule has 0 bridgehead atoms. The minimum atomic E-state index is -3.45. The maximum atomic E-state index is 12.6. The fraction of sp³-hybridized carbons (Fsp3) is 0.571. The maximum Gasteiger partial charge on any atom is 0.237 e. The first-order chi connectivity index (χ1) is 14.2. The Labute approximate surface area is 178 Å². The van der Waals surface area contributed by atoms with Crippen LogP contribution in [0.3, 0.4) is 0 Å². The lowest BCUT2D eigenvalue weighted by Crippen LogP contribution is -2.36. The smallest absolute Gasteiger partial charge is 0.237 e. The average molecular weight is 438 g/mol. The van der Waals surface area contributed by atoms with Crippen molar-refractivity contribution in [2.45, 2.75) is 45.0 Å². The van der Waals surface area contributed by atoms with E-state index in [0.29, 0.717) is 25.5 Å². The largest absolute Gasteiger partial charge is 0.493 e. The van der Waals surface area contributed by atoms with Gasteiger partial charge in [-0.25, -0.2) is 18.0 Å². The summed E-state index contributed by atoms with van der Waals surface area (Å²) in [7, 11) is -3.45. The molecule has 8 nitrogen and oxygen atoms in total. The fourth-order valence-corrected chi connectivity index (χ4v) is 4.80. The molecule has 1 amide bonds. The standard InChI is InChI=1S/C21H31N3O5S/c1-16(2)15-29-18-8-6-7-17(13-18)21(9-10-21)23-30(27,28)12-5-3-4-11-24-14-19(25)22-20(24)26/h3-4,6-8,13,16,20,23,26H,5,9-12,14-15H2,1-2H3,(H,22,25)/b4-3+. The van der Waals surface area contributed by atoms with Crippen molar-refractivity contribution in [1.82, 2.24) is 14.9 Å². The molecule has 9 heteroatoms. The van der Waals surface area contributed by atoms with E-state index in [1.165, 1.54) is 0 Å². The van der Waals surface area contributed by atoms with Crippen LogP contribution in [-0.4, -0.2) is 56.1 Å². The highest BCUT2D eigenvalue weighted by atomic mass is 32.2. The lowest BCUT2D eigenvalue weighted by Gasteiger charge is -2.19. The summed E-state index contributed by atoms with van der Waals surface area (Å²) in [5.74, 6) is 0.928. The summed E-state index contributed by atoms with van der Waals surface area (Å²) < 4.78 is 33.8. The number of allylic oxidation sites excluding steroid dienone is 1. The molecule has 0 radical (unpaired) electrons. The third-order valence-electron chi connectivity index (χ3n) is 5.11. The van der Waals surface area contributed by atoms with Gasteiger partial charge in [-0.2, -0.15) is 0 Å². The predicted octanol–water partition coefficient (Wildman–Crippen LogP) is 1.28. The Hall–Kier alpha value is -1.94. The van der Waals surface area contributed by atoms with Crippen LogP contribution >= 0.6 is 0 Å². The summed E-state index contributed by atoms with van der Waals surface area (Å²) in [6, 6.07) is 7.65. The van der Waals surface area contributed by atoms with Gasteiger partial charge < -0.3 is 15.2 Å². The lowest BCUT2D eigenvalue weighted by atomic mass is 10.1. The van der Waals surface area contributed by atoms with Crippen LogP contribution in [0.5, 0.6) is 5.75 Å². The summed E-state index contributed by atoms with van der Waals surface area (Å²) in [6.45, 7) is 5.29. The molecule has 30 heavy (non-hydrogen) atoms. The first kappa shape index (κ1) is 22.7. The van der Waals surface area contributed by atoms with E-state index in [-0.39, 0.29) is 18.2 Å². The van der Waals surface area contributed by atoms with Crippen LogP contribution in [0, 0.1) is 5.92 Å². The van der Waals surface area contributed by atoms with Crippen LogP contribution in [0.1, 0.15) is 38.7 Å². The van der Waals surface area contributed by atoms with Gasteiger partial charge in [-0.3, -0.25) is 4.79 Å². The summed E-state index contributed by atoms with van der Waals surface area (Å²) in [6.07, 6.45) is 4.43. The van der Waals surface area contributed by atoms with E-state index in [9.17, 15) is 18.3 Å². The van der Waals surface area contributed by atoms with Crippen molar-refractivity contribution in [3.63, 3.8) is 0 Å². The number of rotatable bonds is 11. The van der Waals surface area contributed by atoms with Gasteiger partial charge >= 0.3 is 0 Å². The van der Waals surface area contributed by atoms with E-state index in [0.717, 1.165) is 24.2 Å². The zero-order valence-electron chi connectivity index (χ0n) is 17.5. The quantitative estimate of drug-likeness (QED) is 0.450. The van der Waals surface area contributed by atoms with Crippen molar-refractivity contribution in [3.05, 3.63) is 42.0 Å². The minimum absolute atomic E-state index is 0.0193. The zero-order valence-corrected chi connectivity index (χ0v) is 18.3. The molecule has 166 valence electrons. The molecule has 1 aromatic carbocycles. The Bertz CT molecular complexity index is 880. The normalized spacial score (nSPS) is 21.3. The van der Waals surface area contributed by atoms with Gasteiger partial charge in [0.2, 0.25) is 15.9 Å². The van der Waals surface area contributed by atoms with Crippen LogP contribution < -0.4 is 14.8 Å². The van der Waals surface area contributed by atoms with E-state index in [1.807, 2.05) is 24.3 Å². The summed E-state index contributed by atoms with van der Waals surface area (Å²) in [5.41, 5.74) is 0.397. The van der Waals surface area contributed by atoms with Gasteiger partial charge in [0.15, 0.2) is 6.35 Å². The number of aliphatic hydroxyl groups excluding tert-OH is 1. The number of amides is 1. The second-order valence-corrected chi connectivity index (χ2v) is 10.2. The van der Waals surface area contributed by atoms with Gasteiger partial charge in [-0.05, 0) is 42.9 Å². The molecule has 3 N–H and O–H groups in total. The molecule has 1 aliphatic heterocycles. The molecule has 1 heterocycles. The third-order valence-corrected chi connectivity index (χ3v) is 6.59. The highest BCUT2D eigenvalue weighted by Crippen LogP contribution is 2.46. The molecular weight excluding hydrogens is 406 g/mol. The Kier molecular flexibility index (Phi) is 7.18. The Morgan fingerprint density at radius 3 is 2.77 bits per heavy atom. The van der Waals surface area contributed by atoms with Crippen LogP contribution in [0.25, 0.3) is 0 Å². The molecule has 0 spiro atoms. The molecule has 1 aromatic rings. The number of carbonyl (C=O) groups excluding carboxylic acids is 1. The van der Waals surface area contributed by atoms with Crippen molar-refractivity contribution in [1.29, 1.82) is 0 Å². The molecule has 1 saturated carbocycles. The van der Waals surface area contributed by atoms with E-state index in [4.69, 9.17) is 4.74 Å². The molecule has 2 fully saturated rings. The molecule has 1 aliphatic carbocycles. The number of hydrogen-bond donors (Lipinski definition) is 3. The summed E-state index contributed by atoms with van der Waals surface area (Å²) in [4.78, 5) is 12.7. The Morgan fingerprint density at radius 1 is 1.37 bits per heavy atom. The first-order valence-electron chi connectivity index (χ1n) is 10.3. The molecule has 0 aromatic heterocycles. The van der Waals surface area contributed by atoms with Crippen molar-refractivity contribution >= 4 is 15.9 Å². The van der Waals surface area contributed by atoms with E-state index >= 15 is 0 Å². The minimum Gasteiger partial charge on any atom is -0.493 e. The van der Waals surface area contributed by atoms with Crippen LogP contribution in [0.15, 0.2) is 36.4 Å². The number of nitrogens with zero attached hydrogens (tertiary/aromatic N) is 1. The molecule has 1 saturated heterocycles. The van der Waals surface area contributed by atoms with Gasteiger partial charge in [-0.15, -0.1) is 0 Å². The Morgan fingerprint density at radius 2 is 2.13 bits per heavy atom. The number of hydrogen-bond acceptors (Lipinski definition) is 6. The number of sulfonamides is 1. The molecule has 1 unspecified atom stereocenters. The SMILES string of the molecule is CC(C)COc1cccc(C2(NS(=O)(=O)CC/C=C/CN3CC(=O)NC3O)CC2)c1. The van der Waals surface area contributed by atoms with Gasteiger partial charge in [-0.1, -0.05) is 38.1 Å². The highest BCUT2D eigenvalue weighted by molar-refractivity contribution is 7.89. The summed E-state index contributed by atoms with van der Waals surface area (Å²) >= 11 is 0. The lowest BCUT2D eigenvalue weighted by molar-refractivity contribution is -0.119. The fourth-order valence-electron chi connectivity index (χ4n) is 3.34. The Balaban J connectivity index is 1.50. The molecular formula is C21H31N3O5S. The van der Waals surface area contributed by atoms with Gasteiger partial charge in [0.25, 0.3) is 0 Å². The van der Waals surface area contributed by atoms with E-state index in [2.05, 4.69) is 23.9 Å². The second kappa shape index (κ2) is 9.47. The van der Waals surface area contributed by atoms with Crippen molar-refractivity contribution in [2.75, 3.05) is 25.4 Å². The molecule has 2 aliphatic rings. The number of carbonyl (C=O) groups is 1.